The first-order valence-corrected chi connectivity index (χ1v) is 13.1. The summed E-state index contributed by atoms with van der Waals surface area (Å²) >= 11 is 0. The molecule has 1 aliphatic rings. The van der Waals surface area contributed by atoms with Gasteiger partial charge in [0.25, 0.3) is 5.56 Å². The van der Waals surface area contributed by atoms with Crippen molar-refractivity contribution in [3.63, 3.8) is 0 Å². The van der Waals surface area contributed by atoms with Crippen LogP contribution in [-0.2, 0) is 13.1 Å². The third kappa shape index (κ3) is 5.25. The molecule has 0 aliphatic carbocycles. The average molecular weight is 528 g/mol. The highest BCUT2D eigenvalue weighted by Crippen LogP contribution is 2.29. The molecule has 1 aliphatic heterocycles. The SMILES string of the molecule is Cc1cc(C)c2[nH]c(=O)c(C(c3nnnn3Cc3ccc(F)cc3)N3CCN(Cc4ccco4)CC3)cc2c1. The van der Waals surface area contributed by atoms with Crippen LogP contribution in [0.4, 0.5) is 4.39 Å². The molecule has 0 amide bonds. The van der Waals surface area contributed by atoms with Gasteiger partial charge in [0.05, 0.1) is 24.9 Å². The Hall–Kier alpha value is -4.15. The highest BCUT2D eigenvalue weighted by Gasteiger charge is 2.33. The summed E-state index contributed by atoms with van der Waals surface area (Å²) in [6.45, 7) is 8.21. The lowest BCUT2D eigenvalue weighted by molar-refractivity contribution is 0.0952. The van der Waals surface area contributed by atoms with Crippen molar-refractivity contribution in [2.45, 2.75) is 33.0 Å². The summed E-state index contributed by atoms with van der Waals surface area (Å²) in [4.78, 5) is 21.3. The van der Waals surface area contributed by atoms with E-state index in [9.17, 15) is 9.18 Å². The van der Waals surface area contributed by atoms with Crippen molar-refractivity contribution in [1.29, 1.82) is 0 Å². The van der Waals surface area contributed by atoms with E-state index >= 15 is 0 Å². The number of fused-ring (bicyclic) bond motifs is 1. The van der Waals surface area contributed by atoms with Crippen LogP contribution in [0.2, 0.25) is 0 Å². The van der Waals surface area contributed by atoms with E-state index in [0.29, 0.717) is 17.9 Å². The number of hydrogen-bond acceptors (Lipinski definition) is 7. The zero-order valence-corrected chi connectivity index (χ0v) is 22.0. The van der Waals surface area contributed by atoms with Crippen molar-refractivity contribution in [2.75, 3.05) is 26.2 Å². The van der Waals surface area contributed by atoms with Gasteiger partial charge in [-0.3, -0.25) is 14.6 Å². The lowest BCUT2D eigenvalue weighted by atomic mass is 10.00. The maximum atomic E-state index is 13.6. The molecule has 2 aromatic carbocycles. The third-order valence-electron chi connectivity index (χ3n) is 7.40. The van der Waals surface area contributed by atoms with Crippen LogP contribution in [0.1, 0.15) is 39.9 Å². The molecular formula is C29H30FN7O2. The largest absolute Gasteiger partial charge is 0.468 e. The number of benzene rings is 2. The Bertz CT molecular complexity index is 1640. The predicted molar refractivity (Wildman–Crippen MR) is 145 cm³/mol. The number of hydrogen-bond donors (Lipinski definition) is 1. The van der Waals surface area contributed by atoms with Crippen LogP contribution in [0.25, 0.3) is 10.9 Å². The van der Waals surface area contributed by atoms with Gasteiger partial charge in [0.1, 0.15) is 17.6 Å². The summed E-state index contributed by atoms with van der Waals surface area (Å²) in [7, 11) is 0. The fourth-order valence-electron chi connectivity index (χ4n) is 5.49. The molecule has 200 valence electrons. The number of aromatic amines is 1. The minimum atomic E-state index is -0.458. The monoisotopic (exact) mass is 527 g/mol. The minimum Gasteiger partial charge on any atom is -0.468 e. The third-order valence-corrected chi connectivity index (χ3v) is 7.40. The van der Waals surface area contributed by atoms with Gasteiger partial charge < -0.3 is 9.40 Å². The second kappa shape index (κ2) is 10.5. The number of H-pyrrole nitrogens is 1. The number of rotatable bonds is 7. The number of halogens is 1. The number of nitrogens with zero attached hydrogens (tertiary/aromatic N) is 6. The van der Waals surface area contributed by atoms with E-state index in [1.807, 2.05) is 25.1 Å². The summed E-state index contributed by atoms with van der Waals surface area (Å²) in [6.07, 6.45) is 1.69. The molecule has 1 N–H and O–H groups in total. The van der Waals surface area contributed by atoms with Crippen molar-refractivity contribution in [3.8, 4) is 0 Å². The fraction of sp³-hybridized carbons (Fsp3) is 0.310. The number of aromatic nitrogens is 5. The van der Waals surface area contributed by atoms with E-state index in [2.05, 4.69) is 49.4 Å². The molecule has 39 heavy (non-hydrogen) atoms. The van der Waals surface area contributed by atoms with Crippen molar-refractivity contribution in [3.05, 3.63) is 111 Å². The van der Waals surface area contributed by atoms with Gasteiger partial charge in [0.15, 0.2) is 5.82 Å². The lowest BCUT2D eigenvalue weighted by Gasteiger charge is -2.38. The van der Waals surface area contributed by atoms with E-state index in [1.165, 1.54) is 12.1 Å². The summed E-state index contributed by atoms with van der Waals surface area (Å²) < 4.78 is 20.8. The Morgan fingerprint density at radius 1 is 1.03 bits per heavy atom. The van der Waals surface area contributed by atoms with Crippen LogP contribution in [0, 0.1) is 19.7 Å². The van der Waals surface area contributed by atoms with Gasteiger partial charge in [0.2, 0.25) is 0 Å². The highest BCUT2D eigenvalue weighted by molar-refractivity contribution is 5.83. The lowest BCUT2D eigenvalue weighted by Crippen LogP contribution is -2.48. The molecule has 6 rings (SSSR count). The molecule has 1 fully saturated rings. The summed E-state index contributed by atoms with van der Waals surface area (Å²) in [5.41, 5.74) is 4.30. The van der Waals surface area contributed by atoms with Gasteiger partial charge in [-0.1, -0.05) is 23.8 Å². The molecule has 3 aromatic heterocycles. The Kier molecular flexibility index (Phi) is 6.80. The van der Waals surface area contributed by atoms with Crippen molar-refractivity contribution < 1.29 is 8.81 Å². The first kappa shape index (κ1) is 25.1. The van der Waals surface area contributed by atoms with Crippen LogP contribution >= 0.6 is 0 Å². The van der Waals surface area contributed by atoms with E-state index in [-0.39, 0.29) is 11.4 Å². The van der Waals surface area contributed by atoms with Crippen LogP contribution in [-0.4, -0.2) is 61.2 Å². The zero-order valence-electron chi connectivity index (χ0n) is 22.0. The topological polar surface area (TPSA) is 96.1 Å². The quantitative estimate of drug-likeness (QED) is 0.344. The first-order valence-electron chi connectivity index (χ1n) is 13.1. The predicted octanol–water partition coefficient (Wildman–Crippen LogP) is 3.82. The number of piperazine rings is 1. The first-order chi connectivity index (χ1) is 18.9. The molecule has 4 heterocycles. The molecule has 0 saturated carbocycles. The smallest absolute Gasteiger partial charge is 0.253 e. The average Bonchev–Trinajstić information content (AvgIpc) is 3.60. The molecule has 0 bridgehead atoms. The zero-order chi connectivity index (χ0) is 26.9. The van der Waals surface area contributed by atoms with Gasteiger partial charge in [-0.15, -0.1) is 5.10 Å². The second-order valence-electron chi connectivity index (χ2n) is 10.2. The van der Waals surface area contributed by atoms with E-state index in [1.54, 1.807) is 23.1 Å². The highest BCUT2D eigenvalue weighted by atomic mass is 19.1. The molecule has 0 radical (unpaired) electrons. The van der Waals surface area contributed by atoms with Gasteiger partial charge in [-0.25, -0.2) is 9.07 Å². The maximum Gasteiger partial charge on any atom is 0.253 e. The van der Waals surface area contributed by atoms with Crippen LogP contribution in [0.3, 0.4) is 0 Å². The van der Waals surface area contributed by atoms with Crippen LogP contribution in [0.15, 0.2) is 70.1 Å². The van der Waals surface area contributed by atoms with Gasteiger partial charge in [0, 0.05) is 31.7 Å². The Morgan fingerprint density at radius 2 is 1.82 bits per heavy atom. The normalized spacial score (nSPS) is 15.7. The van der Waals surface area contributed by atoms with Crippen LogP contribution < -0.4 is 5.56 Å². The molecule has 1 unspecified atom stereocenters. The van der Waals surface area contributed by atoms with Gasteiger partial charge in [-0.2, -0.15) is 0 Å². The number of pyridine rings is 1. The number of tetrazole rings is 1. The standard InChI is InChI=1S/C29H30FN7O2/c1-19-14-20(2)26-22(15-19)16-25(29(38)31-26)27(36-11-9-35(10-12-36)18-24-4-3-13-39-24)28-32-33-34-37(28)17-21-5-7-23(30)8-6-21/h3-8,13-16,27H,9-12,17-18H2,1-2H3,(H,31,38). The molecule has 9 nitrogen and oxygen atoms in total. The van der Waals surface area contributed by atoms with Gasteiger partial charge >= 0.3 is 0 Å². The van der Waals surface area contributed by atoms with Crippen molar-refractivity contribution in [1.82, 2.24) is 35.0 Å². The second-order valence-corrected chi connectivity index (χ2v) is 10.2. The van der Waals surface area contributed by atoms with E-state index < -0.39 is 6.04 Å². The van der Waals surface area contributed by atoms with Crippen molar-refractivity contribution >= 4 is 10.9 Å². The number of furan rings is 1. The summed E-state index contributed by atoms with van der Waals surface area (Å²) in [5.74, 6) is 1.21. The fourth-order valence-corrected chi connectivity index (χ4v) is 5.49. The maximum absolute atomic E-state index is 13.6. The molecule has 1 saturated heterocycles. The van der Waals surface area contributed by atoms with Crippen molar-refractivity contribution in [2.24, 2.45) is 0 Å². The summed E-state index contributed by atoms with van der Waals surface area (Å²) in [5, 5.41) is 13.6. The Balaban J connectivity index is 1.38. The molecule has 0 spiro atoms. The Labute approximate surface area is 224 Å². The number of aryl methyl sites for hydroxylation is 2. The van der Waals surface area contributed by atoms with Gasteiger partial charge in [-0.05, 0) is 77.2 Å². The minimum absolute atomic E-state index is 0.159. The molecular weight excluding hydrogens is 497 g/mol. The number of nitrogens with one attached hydrogen (secondary N) is 1. The van der Waals surface area contributed by atoms with Crippen LogP contribution in [0.5, 0.6) is 0 Å². The van der Waals surface area contributed by atoms with E-state index in [4.69, 9.17) is 4.42 Å². The molecule has 1 atom stereocenters. The molecule has 5 aromatic rings. The van der Waals surface area contributed by atoms with E-state index in [0.717, 1.165) is 66.1 Å². The Morgan fingerprint density at radius 3 is 2.56 bits per heavy atom. The summed E-state index contributed by atoms with van der Waals surface area (Å²) in [6, 6.07) is 15.8. The molecule has 10 heteroatoms.